The van der Waals surface area contributed by atoms with Crippen LogP contribution in [0, 0.1) is 5.92 Å². The third-order valence-electron chi connectivity index (χ3n) is 4.40. The quantitative estimate of drug-likeness (QED) is 0.249. The average molecular weight is 467 g/mol. The third kappa shape index (κ3) is 10.9. The van der Waals surface area contributed by atoms with E-state index in [9.17, 15) is 4.79 Å². The molecule has 1 fully saturated rings. The largest absolute Gasteiger partial charge is 0.356 e. The molecule has 0 radical (unpaired) electrons. The number of carbonyl (C=O) groups excluding carboxylic acids is 1. The van der Waals surface area contributed by atoms with Gasteiger partial charge in [-0.05, 0) is 38.6 Å². The second-order valence-electron chi connectivity index (χ2n) is 7.39. The number of likely N-dealkylation sites (tertiary alicyclic amines) is 1. The molecule has 148 valence electrons. The van der Waals surface area contributed by atoms with Gasteiger partial charge in [-0.25, -0.2) is 4.99 Å². The summed E-state index contributed by atoms with van der Waals surface area (Å²) >= 11 is 0. The van der Waals surface area contributed by atoms with E-state index in [1.807, 2.05) is 0 Å². The van der Waals surface area contributed by atoms with Crippen molar-refractivity contribution < 1.29 is 4.79 Å². The van der Waals surface area contributed by atoms with Gasteiger partial charge in [-0.15, -0.1) is 24.0 Å². The zero-order valence-corrected chi connectivity index (χ0v) is 19.0. The van der Waals surface area contributed by atoms with Gasteiger partial charge in [-0.2, -0.15) is 0 Å². The fourth-order valence-electron chi connectivity index (χ4n) is 2.74. The van der Waals surface area contributed by atoms with Crippen molar-refractivity contribution in [3.63, 3.8) is 0 Å². The van der Waals surface area contributed by atoms with E-state index in [1.54, 1.807) is 19.0 Å². The van der Waals surface area contributed by atoms with E-state index in [0.29, 0.717) is 12.0 Å². The molecule has 1 aliphatic heterocycles. The van der Waals surface area contributed by atoms with Crippen LogP contribution in [-0.4, -0.2) is 74.5 Å². The molecule has 1 amide bonds. The average Bonchev–Trinajstić information content (AvgIpc) is 2.54. The summed E-state index contributed by atoms with van der Waals surface area (Å²) in [5.74, 6) is 1.30. The molecule has 0 aromatic carbocycles. The standard InChI is InChI=1S/C18H37N5O.HI/c1-15(2)13-20-18(21-14-17(24)22(4)5)19-10-8-12-23-11-7-6-9-16(23)3;/h15-16H,6-14H2,1-5H3,(H2,19,20,21);1H. The van der Waals surface area contributed by atoms with Crippen LogP contribution in [0.15, 0.2) is 4.99 Å². The predicted octanol–water partition coefficient (Wildman–Crippen LogP) is 2.15. The maximum absolute atomic E-state index is 11.7. The lowest BCUT2D eigenvalue weighted by Crippen LogP contribution is -2.42. The van der Waals surface area contributed by atoms with Crippen LogP contribution in [0.2, 0.25) is 0 Å². The van der Waals surface area contributed by atoms with Gasteiger partial charge in [0.25, 0.3) is 0 Å². The van der Waals surface area contributed by atoms with Gasteiger partial charge in [-0.1, -0.05) is 20.3 Å². The zero-order chi connectivity index (χ0) is 17.9. The summed E-state index contributed by atoms with van der Waals surface area (Å²) in [5, 5.41) is 6.68. The number of hydrogen-bond acceptors (Lipinski definition) is 3. The molecule has 6 nitrogen and oxygen atoms in total. The second kappa shape index (κ2) is 13.6. The van der Waals surface area contributed by atoms with Crippen LogP contribution in [0.25, 0.3) is 0 Å². The minimum Gasteiger partial charge on any atom is -0.356 e. The fraction of sp³-hybridized carbons (Fsp3) is 0.889. The number of carbonyl (C=O) groups is 1. The first-order chi connectivity index (χ1) is 11.4. The Bertz CT molecular complexity index is 401. The van der Waals surface area contributed by atoms with Gasteiger partial charge in [0.2, 0.25) is 5.91 Å². The first-order valence-electron chi connectivity index (χ1n) is 9.36. The van der Waals surface area contributed by atoms with Crippen LogP contribution >= 0.6 is 24.0 Å². The molecule has 1 unspecified atom stereocenters. The van der Waals surface area contributed by atoms with E-state index in [0.717, 1.165) is 32.0 Å². The molecule has 0 spiro atoms. The fourth-order valence-corrected chi connectivity index (χ4v) is 2.74. The van der Waals surface area contributed by atoms with Gasteiger partial charge in [0.1, 0.15) is 6.54 Å². The number of piperidine rings is 1. The SMILES string of the molecule is CC(C)CNC(=NCC(=O)N(C)C)NCCCN1CCCCC1C.I. The topological polar surface area (TPSA) is 60.0 Å². The van der Waals surface area contributed by atoms with Crippen molar-refractivity contribution in [3.8, 4) is 0 Å². The Kier molecular flexibility index (Phi) is 13.3. The third-order valence-corrected chi connectivity index (χ3v) is 4.40. The summed E-state index contributed by atoms with van der Waals surface area (Å²) in [6.07, 6.45) is 5.11. The van der Waals surface area contributed by atoms with Crippen molar-refractivity contribution in [1.29, 1.82) is 0 Å². The maximum atomic E-state index is 11.7. The lowest BCUT2D eigenvalue weighted by molar-refractivity contribution is -0.127. The summed E-state index contributed by atoms with van der Waals surface area (Å²) < 4.78 is 0. The smallest absolute Gasteiger partial charge is 0.243 e. The van der Waals surface area contributed by atoms with E-state index in [4.69, 9.17) is 0 Å². The van der Waals surface area contributed by atoms with Crippen LogP contribution in [0.5, 0.6) is 0 Å². The van der Waals surface area contributed by atoms with Crippen molar-refractivity contribution in [2.45, 2.75) is 52.5 Å². The lowest BCUT2D eigenvalue weighted by Gasteiger charge is -2.33. The summed E-state index contributed by atoms with van der Waals surface area (Å²) in [6.45, 7) is 10.9. The normalized spacial score (nSPS) is 18.6. The van der Waals surface area contributed by atoms with Gasteiger partial charge in [0.05, 0.1) is 0 Å². The molecule has 1 saturated heterocycles. The van der Waals surface area contributed by atoms with Crippen LogP contribution < -0.4 is 10.6 Å². The second-order valence-corrected chi connectivity index (χ2v) is 7.39. The van der Waals surface area contributed by atoms with Crippen molar-refractivity contribution in [1.82, 2.24) is 20.4 Å². The summed E-state index contributed by atoms with van der Waals surface area (Å²) in [5.41, 5.74) is 0. The molecule has 7 heteroatoms. The highest BCUT2D eigenvalue weighted by molar-refractivity contribution is 14.0. The molecular formula is C18H38IN5O. The number of nitrogens with one attached hydrogen (secondary N) is 2. The highest BCUT2D eigenvalue weighted by Crippen LogP contribution is 2.15. The molecule has 0 aromatic rings. The summed E-state index contributed by atoms with van der Waals surface area (Å²) in [6, 6.07) is 0.712. The zero-order valence-electron chi connectivity index (χ0n) is 16.7. The van der Waals surface area contributed by atoms with E-state index in [2.05, 4.69) is 41.3 Å². The van der Waals surface area contributed by atoms with Gasteiger partial charge in [-0.3, -0.25) is 4.79 Å². The molecular weight excluding hydrogens is 429 g/mol. The van der Waals surface area contributed by atoms with Gasteiger partial charge >= 0.3 is 0 Å². The lowest BCUT2D eigenvalue weighted by atomic mass is 10.0. The Morgan fingerprint density at radius 2 is 2.00 bits per heavy atom. The number of amides is 1. The first-order valence-corrected chi connectivity index (χ1v) is 9.36. The maximum Gasteiger partial charge on any atom is 0.243 e. The molecule has 0 aromatic heterocycles. The Labute approximate surface area is 171 Å². The Hall–Kier alpha value is -0.570. The molecule has 0 saturated carbocycles. The van der Waals surface area contributed by atoms with Crippen molar-refractivity contribution in [3.05, 3.63) is 0 Å². The van der Waals surface area contributed by atoms with E-state index in [-0.39, 0.29) is 36.4 Å². The van der Waals surface area contributed by atoms with Crippen molar-refractivity contribution in [2.75, 3.05) is 46.8 Å². The number of aliphatic imine (C=N–C) groups is 1. The van der Waals surface area contributed by atoms with Crippen LogP contribution in [0.3, 0.4) is 0 Å². The molecule has 1 rings (SSSR count). The Morgan fingerprint density at radius 1 is 1.28 bits per heavy atom. The number of halogens is 1. The minimum absolute atomic E-state index is 0. The first kappa shape index (κ1) is 24.4. The van der Waals surface area contributed by atoms with Crippen molar-refractivity contribution >= 4 is 35.8 Å². The molecule has 0 bridgehead atoms. The molecule has 2 N–H and O–H groups in total. The van der Waals surface area contributed by atoms with Crippen molar-refractivity contribution in [2.24, 2.45) is 10.9 Å². The number of hydrogen-bond donors (Lipinski definition) is 2. The van der Waals surface area contributed by atoms with Gasteiger partial charge < -0.3 is 20.4 Å². The van der Waals surface area contributed by atoms with Crippen LogP contribution in [0.1, 0.15) is 46.5 Å². The van der Waals surface area contributed by atoms with E-state index >= 15 is 0 Å². The number of guanidine groups is 1. The Balaban J connectivity index is 0.00000576. The summed E-state index contributed by atoms with van der Waals surface area (Å²) in [7, 11) is 3.51. The molecule has 0 aliphatic carbocycles. The number of likely N-dealkylation sites (N-methyl/N-ethyl adjacent to an activating group) is 1. The highest BCUT2D eigenvalue weighted by atomic mass is 127. The molecule has 1 heterocycles. The van der Waals surface area contributed by atoms with Crippen LogP contribution in [-0.2, 0) is 4.79 Å². The van der Waals surface area contributed by atoms with E-state index < -0.39 is 0 Å². The monoisotopic (exact) mass is 467 g/mol. The Morgan fingerprint density at radius 3 is 2.60 bits per heavy atom. The van der Waals surface area contributed by atoms with E-state index in [1.165, 1.54) is 25.8 Å². The highest BCUT2D eigenvalue weighted by Gasteiger charge is 2.17. The number of nitrogens with zero attached hydrogens (tertiary/aromatic N) is 3. The molecule has 1 aliphatic rings. The summed E-state index contributed by atoms with van der Waals surface area (Å²) in [4.78, 5) is 20.3. The minimum atomic E-state index is 0. The van der Waals surface area contributed by atoms with Gasteiger partial charge in [0, 0.05) is 39.8 Å². The molecule has 1 atom stereocenters. The molecule has 25 heavy (non-hydrogen) atoms. The van der Waals surface area contributed by atoms with Gasteiger partial charge in [0.15, 0.2) is 5.96 Å². The predicted molar refractivity (Wildman–Crippen MR) is 117 cm³/mol. The van der Waals surface area contributed by atoms with Crippen LogP contribution in [0.4, 0.5) is 0 Å². The number of rotatable bonds is 8.